The first kappa shape index (κ1) is 53.2. The van der Waals surface area contributed by atoms with Gasteiger partial charge in [0, 0.05) is 31.8 Å². The maximum absolute atomic E-state index is 7.88. The minimum atomic E-state index is -2.95. The second kappa shape index (κ2) is 24.1. The summed E-state index contributed by atoms with van der Waals surface area (Å²) in [6.07, 6.45) is 19.4. The van der Waals surface area contributed by atoms with Crippen LogP contribution >= 0.6 is 0 Å². The van der Waals surface area contributed by atoms with E-state index in [0.717, 1.165) is 45.3 Å². The van der Waals surface area contributed by atoms with Gasteiger partial charge in [-0.15, -0.1) is 0 Å². The number of hydrogen-bond donors (Lipinski definition) is 0. The van der Waals surface area contributed by atoms with E-state index in [4.69, 9.17) is 27.8 Å². The lowest BCUT2D eigenvalue weighted by atomic mass is 9.83. The van der Waals surface area contributed by atoms with Crippen LogP contribution in [0.15, 0.2) is 133 Å². The zero-order valence-electron chi connectivity index (χ0n) is 43.0. The molecule has 366 valence electrons. The normalized spacial score (nSPS) is 20.1. The molecule has 2 atom stereocenters. The van der Waals surface area contributed by atoms with Crippen LogP contribution in [0, 0.1) is 5.92 Å². The summed E-state index contributed by atoms with van der Waals surface area (Å²) < 4.78 is 42.0. The molecule has 8 heteroatoms. The van der Waals surface area contributed by atoms with E-state index in [9.17, 15) is 0 Å². The highest BCUT2D eigenvalue weighted by molar-refractivity contribution is 7.00. The molecule has 0 amide bonds. The van der Waals surface area contributed by atoms with Gasteiger partial charge in [-0.25, -0.2) is 0 Å². The number of allylic oxidation sites excluding steroid dienone is 1. The summed E-state index contributed by atoms with van der Waals surface area (Å²) in [5.74, 6) is -1.24. The highest BCUT2D eigenvalue weighted by Crippen LogP contribution is 2.44. The van der Waals surface area contributed by atoms with Crippen LogP contribution < -0.4 is 20.7 Å². The largest absolute Gasteiger partial charge is 0.407 e. The van der Waals surface area contributed by atoms with Crippen molar-refractivity contribution in [3.8, 4) is 0 Å². The SMILES string of the molecule is CCCCCCCC1(CCCCCC/C=C/[C@@H]2COC(C)(C)O[C@@]2(CCO[Si](c2ccccc2)(c2ccccc2)C(C)(C)C)CO[Si](c2ccccc2)(c2ccccc2)C(C)(C)C)OCCO1. The molecular weight excluding hydrogens is 861 g/mol. The smallest absolute Gasteiger partial charge is 0.261 e. The Morgan fingerprint density at radius 3 is 1.43 bits per heavy atom. The fourth-order valence-corrected chi connectivity index (χ4v) is 20.2. The van der Waals surface area contributed by atoms with Crippen LogP contribution in [0.25, 0.3) is 0 Å². The maximum atomic E-state index is 7.88. The molecule has 0 aliphatic carbocycles. The molecule has 2 aliphatic rings. The molecule has 0 spiro atoms. The molecule has 2 aliphatic heterocycles. The van der Waals surface area contributed by atoms with Gasteiger partial charge < -0.3 is 27.8 Å². The molecule has 2 heterocycles. The van der Waals surface area contributed by atoms with Crippen molar-refractivity contribution >= 4 is 37.4 Å². The van der Waals surface area contributed by atoms with Gasteiger partial charge in [0.15, 0.2) is 11.6 Å². The van der Waals surface area contributed by atoms with Crippen LogP contribution in [0.3, 0.4) is 0 Å². The third-order valence-electron chi connectivity index (χ3n) is 14.5. The second-order valence-corrected chi connectivity index (χ2v) is 30.5. The van der Waals surface area contributed by atoms with E-state index in [1.807, 2.05) is 0 Å². The Bertz CT molecular complexity index is 1960. The number of hydrogen-bond acceptors (Lipinski definition) is 6. The van der Waals surface area contributed by atoms with Gasteiger partial charge in [-0.3, -0.25) is 0 Å². The summed E-state index contributed by atoms with van der Waals surface area (Å²) in [5.41, 5.74) is -0.747. The molecule has 0 radical (unpaired) electrons. The van der Waals surface area contributed by atoms with E-state index < -0.39 is 28.0 Å². The van der Waals surface area contributed by atoms with Gasteiger partial charge in [0.05, 0.1) is 26.4 Å². The third kappa shape index (κ3) is 13.2. The van der Waals surface area contributed by atoms with Gasteiger partial charge >= 0.3 is 0 Å². The Hall–Kier alpha value is -3.19. The van der Waals surface area contributed by atoms with Crippen molar-refractivity contribution < 1.29 is 27.8 Å². The molecular formula is C59H86O6Si2. The molecule has 6 rings (SSSR count). The predicted molar refractivity (Wildman–Crippen MR) is 284 cm³/mol. The average molecular weight is 948 g/mol. The highest BCUT2D eigenvalue weighted by Gasteiger charge is 2.56. The third-order valence-corrected chi connectivity index (χ3v) is 24.5. The van der Waals surface area contributed by atoms with Gasteiger partial charge in [0.25, 0.3) is 16.6 Å². The van der Waals surface area contributed by atoms with Crippen LogP contribution in [-0.4, -0.2) is 66.8 Å². The van der Waals surface area contributed by atoms with Crippen LogP contribution in [0.5, 0.6) is 0 Å². The van der Waals surface area contributed by atoms with E-state index in [0.29, 0.717) is 26.2 Å². The first-order valence-corrected chi connectivity index (χ1v) is 29.7. The molecule has 2 fully saturated rings. The van der Waals surface area contributed by atoms with E-state index in [1.54, 1.807) is 0 Å². The van der Waals surface area contributed by atoms with Gasteiger partial charge in [-0.1, -0.05) is 220 Å². The van der Waals surface area contributed by atoms with E-state index >= 15 is 0 Å². The van der Waals surface area contributed by atoms with Gasteiger partial charge in [-0.2, -0.15) is 0 Å². The number of unbranched alkanes of at least 4 members (excludes halogenated alkanes) is 8. The van der Waals surface area contributed by atoms with Crippen LogP contribution in [0.4, 0.5) is 0 Å². The lowest BCUT2D eigenvalue weighted by Gasteiger charge is -2.52. The summed E-state index contributed by atoms with van der Waals surface area (Å²) in [6.45, 7) is 23.4. The molecule has 0 bridgehead atoms. The Labute approximate surface area is 408 Å². The van der Waals surface area contributed by atoms with Crippen LogP contribution in [-0.2, 0) is 27.8 Å². The predicted octanol–water partition coefficient (Wildman–Crippen LogP) is 12.7. The van der Waals surface area contributed by atoms with Crippen molar-refractivity contribution in [1.82, 2.24) is 0 Å². The molecule has 2 saturated heterocycles. The first-order chi connectivity index (χ1) is 32.1. The van der Waals surface area contributed by atoms with Crippen molar-refractivity contribution in [3.63, 3.8) is 0 Å². The average Bonchev–Trinajstić information content (AvgIpc) is 3.78. The number of ether oxygens (including phenoxy) is 4. The van der Waals surface area contributed by atoms with Crippen LogP contribution in [0.2, 0.25) is 10.1 Å². The summed E-state index contributed by atoms with van der Waals surface area (Å²) in [4.78, 5) is 0. The first-order valence-electron chi connectivity index (χ1n) is 25.9. The van der Waals surface area contributed by atoms with E-state index in [1.165, 1.54) is 65.7 Å². The molecule has 4 aromatic rings. The van der Waals surface area contributed by atoms with Gasteiger partial charge in [0.2, 0.25) is 0 Å². The van der Waals surface area contributed by atoms with Crippen molar-refractivity contribution in [2.45, 2.75) is 173 Å². The van der Waals surface area contributed by atoms with Crippen molar-refractivity contribution in [3.05, 3.63) is 133 Å². The van der Waals surface area contributed by atoms with Crippen molar-refractivity contribution in [2.24, 2.45) is 5.92 Å². The summed E-state index contributed by atoms with van der Waals surface area (Å²) in [7, 11) is -5.79. The van der Waals surface area contributed by atoms with Gasteiger partial charge in [0.1, 0.15) is 5.60 Å². The molecule has 0 aromatic heterocycles. The Morgan fingerprint density at radius 1 is 0.552 bits per heavy atom. The summed E-state index contributed by atoms with van der Waals surface area (Å²) in [6, 6.07) is 43.9. The second-order valence-electron chi connectivity index (χ2n) is 21.9. The maximum Gasteiger partial charge on any atom is 0.261 e. The standard InChI is InChI=1S/C59H86O6Si2/c1-10-11-12-16-31-42-59(60-46-47-61-59)43-32-17-14-13-15-22-33-50-48-62-57(8,9)65-58(50,49-64-67(56(5,6)7,53-38-27-20-28-39-53)54-40-29-21-30-41-54)44-45-63-66(55(2,3)4,51-34-23-18-24-35-51)52-36-25-19-26-37-52/h18-30,33-41,50H,10-17,31-32,42-49H2,1-9H3/b33-22+/t50-,58+/m1/s1. The summed E-state index contributed by atoms with van der Waals surface area (Å²) >= 11 is 0. The Morgan fingerprint density at radius 2 is 0.985 bits per heavy atom. The highest BCUT2D eigenvalue weighted by atomic mass is 28.4. The lowest BCUT2D eigenvalue weighted by Crippen LogP contribution is -2.69. The topological polar surface area (TPSA) is 55.4 Å². The molecule has 6 nitrogen and oxygen atoms in total. The Kier molecular flexibility index (Phi) is 19.1. The minimum Gasteiger partial charge on any atom is -0.407 e. The summed E-state index contributed by atoms with van der Waals surface area (Å²) in [5, 5.41) is 4.71. The molecule has 0 saturated carbocycles. The quantitative estimate of drug-likeness (QED) is 0.0375. The van der Waals surface area contributed by atoms with Crippen molar-refractivity contribution in [1.29, 1.82) is 0 Å². The van der Waals surface area contributed by atoms with Crippen molar-refractivity contribution in [2.75, 3.05) is 33.0 Å². The number of rotatable bonds is 25. The molecule has 0 N–H and O–H groups in total. The fourth-order valence-electron chi connectivity index (χ4n) is 11.0. The van der Waals surface area contributed by atoms with Gasteiger partial charge in [-0.05, 0) is 70.4 Å². The molecule has 4 aromatic carbocycles. The fraction of sp³-hybridized carbons (Fsp3) is 0.559. The van der Waals surface area contributed by atoms with E-state index in [2.05, 4.69) is 196 Å². The lowest BCUT2D eigenvalue weighted by molar-refractivity contribution is -0.333. The molecule has 67 heavy (non-hydrogen) atoms. The number of benzene rings is 4. The van der Waals surface area contributed by atoms with E-state index in [-0.39, 0.29) is 21.8 Å². The Balaban J connectivity index is 1.28. The zero-order valence-corrected chi connectivity index (χ0v) is 45.0. The monoisotopic (exact) mass is 947 g/mol. The molecule has 0 unspecified atom stereocenters. The minimum absolute atomic E-state index is 0.0599. The zero-order chi connectivity index (χ0) is 47.9. The van der Waals surface area contributed by atoms with Crippen LogP contribution in [0.1, 0.15) is 146 Å².